The lowest BCUT2D eigenvalue weighted by Gasteiger charge is -2.09. The molecule has 4 N–H and O–H groups in total. The van der Waals surface area contributed by atoms with Crippen molar-refractivity contribution in [2.24, 2.45) is 0 Å². The third-order valence-corrected chi connectivity index (χ3v) is 3.27. The van der Waals surface area contributed by atoms with E-state index >= 15 is 0 Å². The van der Waals surface area contributed by atoms with Crippen LogP contribution in [0.5, 0.6) is 5.75 Å². The van der Waals surface area contributed by atoms with E-state index in [2.05, 4.69) is 10.6 Å². The van der Waals surface area contributed by atoms with Crippen molar-refractivity contribution in [3.8, 4) is 5.75 Å². The zero-order valence-corrected chi connectivity index (χ0v) is 12.8. The molecule has 0 aliphatic rings. The molecular formula is C17H19N3O3. The van der Waals surface area contributed by atoms with Crippen molar-refractivity contribution < 1.29 is 14.3 Å². The van der Waals surface area contributed by atoms with Gasteiger partial charge < -0.3 is 15.8 Å². The van der Waals surface area contributed by atoms with E-state index in [9.17, 15) is 9.59 Å². The molecular weight excluding hydrogens is 294 g/mol. The number of nitrogens with one attached hydrogen (secondary N) is 2. The van der Waals surface area contributed by atoms with Crippen LogP contribution < -0.4 is 21.1 Å². The minimum absolute atomic E-state index is 0.374. The number of hydrogen-bond acceptors (Lipinski definition) is 4. The molecule has 0 fully saturated rings. The summed E-state index contributed by atoms with van der Waals surface area (Å²) in [4.78, 5) is 23.6. The Morgan fingerprint density at radius 1 is 1.09 bits per heavy atom. The van der Waals surface area contributed by atoms with Gasteiger partial charge in [0.05, 0.1) is 7.11 Å². The summed E-state index contributed by atoms with van der Waals surface area (Å²) in [6, 6.07) is 13.4. The van der Waals surface area contributed by atoms with Crippen LogP contribution in [0.15, 0.2) is 48.5 Å². The molecule has 0 radical (unpaired) electrons. The van der Waals surface area contributed by atoms with Crippen molar-refractivity contribution >= 4 is 17.6 Å². The van der Waals surface area contributed by atoms with Crippen LogP contribution in [0.25, 0.3) is 0 Å². The SMILES string of the molecule is COc1ccccc1CCNC(=O)NC(=O)c1ccc(N)cc1. The normalized spacial score (nSPS) is 9.96. The van der Waals surface area contributed by atoms with Crippen molar-refractivity contribution in [3.63, 3.8) is 0 Å². The molecule has 0 spiro atoms. The zero-order chi connectivity index (χ0) is 16.7. The maximum absolute atomic E-state index is 11.9. The number of nitrogen functional groups attached to an aromatic ring is 1. The molecule has 0 bridgehead atoms. The second kappa shape index (κ2) is 7.84. The van der Waals surface area contributed by atoms with Gasteiger partial charge in [-0.3, -0.25) is 10.1 Å². The van der Waals surface area contributed by atoms with E-state index in [1.54, 1.807) is 31.4 Å². The van der Waals surface area contributed by atoms with Gasteiger partial charge in [0.1, 0.15) is 5.75 Å². The van der Waals surface area contributed by atoms with Gasteiger partial charge in [0.25, 0.3) is 5.91 Å². The van der Waals surface area contributed by atoms with E-state index < -0.39 is 11.9 Å². The van der Waals surface area contributed by atoms with Crippen LogP contribution in [0, 0.1) is 0 Å². The number of para-hydroxylation sites is 1. The Morgan fingerprint density at radius 3 is 2.48 bits per heavy atom. The summed E-state index contributed by atoms with van der Waals surface area (Å²) in [6.45, 7) is 0.390. The first-order valence-electron chi connectivity index (χ1n) is 7.17. The highest BCUT2D eigenvalue weighted by atomic mass is 16.5. The number of carbonyl (C=O) groups is 2. The van der Waals surface area contributed by atoms with E-state index in [1.807, 2.05) is 24.3 Å². The number of nitrogens with two attached hydrogens (primary N) is 1. The molecule has 0 unspecified atom stereocenters. The number of hydrogen-bond donors (Lipinski definition) is 3. The van der Waals surface area contributed by atoms with Gasteiger partial charge in [0, 0.05) is 17.8 Å². The minimum Gasteiger partial charge on any atom is -0.496 e. The Balaban J connectivity index is 1.81. The largest absolute Gasteiger partial charge is 0.496 e. The maximum atomic E-state index is 11.9. The first-order valence-corrected chi connectivity index (χ1v) is 7.17. The number of rotatable bonds is 5. The number of anilines is 1. The highest BCUT2D eigenvalue weighted by Gasteiger charge is 2.10. The van der Waals surface area contributed by atoms with Gasteiger partial charge in [-0.05, 0) is 42.3 Å². The van der Waals surface area contributed by atoms with Gasteiger partial charge in [-0.1, -0.05) is 18.2 Å². The van der Waals surface area contributed by atoms with Gasteiger partial charge in [-0.2, -0.15) is 0 Å². The van der Waals surface area contributed by atoms with E-state index in [0.29, 0.717) is 24.2 Å². The van der Waals surface area contributed by atoms with Crippen LogP contribution in [0.4, 0.5) is 10.5 Å². The number of ether oxygens (including phenoxy) is 1. The molecule has 2 rings (SSSR count). The van der Waals surface area contributed by atoms with Crippen LogP contribution in [0.2, 0.25) is 0 Å². The number of methoxy groups -OCH3 is 1. The summed E-state index contributed by atoms with van der Waals surface area (Å²) in [5.74, 6) is 0.299. The topological polar surface area (TPSA) is 93.5 Å². The fourth-order valence-corrected chi connectivity index (χ4v) is 2.07. The Hall–Kier alpha value is -3.02. The second-order valence-corrected chi connectivity index (χ2v) is 4.89. The van der Waals surface area contributed by atoms with Gasteiger partial charge in [-0.15, -0.1) is 0 Å². The van der Waals surface area contributed by atoms with E-state index in [4.69, 9.17) is 10.5 Å². The molecule has 3 amide bonds. The van der Waals surface area contributed by atoms with Crippen molar-refractivity contribution in [2.75, 3.05) is 19.4 Å². The van der Waals surface area contributed by atoms with Gasteiger partial charge in [0.15, 0.2) is 0 Å². The van der Waals surface area contributed by atoms with Crippen LogP contribution >= 0.6 is 0 Å². The molecule has 0 atom stereocenters. The van der Waals surface area contributed by atoms with Gasteiger partial charge >= 0.3 is 6.03 Å². The number of carbonyl (C=O) groups excluding carboxylic acids is 2. The summed E-state index contributed by atoms with van der Waals surface area (Å²) in [5.41, 5.74) is 7.47. The monoisotopic (exact) mass is 313 g/mol. The zero-order valence-electron chi connectivity index (χ0n) is 12.8. The quantitative estimate of drug-likeness (QED) is 0.736. The summed E-state index contributed by atoms with van der Waals surface area (Å²) in [7, 11) is 1.60. The van der Waals surface area contributed by atoms with Gasteiger partial charge in [0.2, 0.25) is 0 Å². The summed E-state index contributed by atoms with van der Waals surface area (Å²) < 4.78 is 5.24. The minimum atomic E-state index is -0.540. The van der Waals surface area contributed by atoms with E-state index in [1.165, 1.54) is 0 Å². The van der Waals surface area contributed by atoms with Crippen LogP contribution in [0.1, 0.15) is 15.9 Å². The molecule has 6 nitrogen and oxygen atoms in total. The standard InChI is InChI=1S/C17H19N3O3/c1-23-15-5-3-2-4-12(15)10-11-19-17(22)20-16(21)13-6-8-14(18)9-7-13/h2-9H,10-11,18H2,1H3,(H2,19,20,21,22). The third kappa shape index (κ3) is 4.74. The second-order valence-electron chi connectivity index (χ2n) is 4.89. The summed E-state index contributed by atoms with van der Waals surface area (Å²) >= 11 is 0. The molecule has 0 aromatic heterocycles. The Bertz CT molecular complexity index is 684. The third-order valence-electron chi connectivity index (χ3n) is 3.27. The smallest absolute Gasteiger partial charge is 0.321 e. The molecule has 0 saturated heterocycles. The molecule has 23 heavy (non-hydrogen) atoms. The lowest BCUT2D eigenvalue weighted by molar-refractivity contribution is 0.0964. The van der Waals surface area contributed by atoms with Crippen LogP contribution in [-0.4, -0.2) is 25.6 Å². The van der Waals surface area contributed by atoms with E-state index in [0.717, 1.165) is 11.3 Å². The van der Waals surface area contributed by atoms with Crippen molar-refractivity contribution in [1.29, 1.82) is 0 Å². The molecule has 0 saturated carbocycles. The highest BCUT2D eigenvalue weighted by Crippen LogP contribution is 2.17. The number of imide groups is 1. The van der Waals surface area contributed by atoms with Crippen LogP contribution in [-0.2, 0) is 6.42 Å². The number of urea groups is 1. The molecule has 0 heterocycles. The molecule has 0 aliphatic carbocycles. The average Bonchev–Trinajstić information content (AvgIpc) is 2.55. The molecule has 6 heteroatoms. The molecule has 2 aromatic carbocycles. The van der Waals surface area contributed by atoms with Gasteiger partial charge in [-0.25, -0.2) is 4.79 Å². The Labute approximate surface area is 134 Å². The van der Waals surface area contributed by atoms with Crippen molar-refractivity contribution in [3.05, 3.63) is 59.7 Å². The molecule has 120 valence electrons. The number of amides is 3. The van der Waals surface area contributed by atoms with Crippen molar-refractivity contribution in [2.45, 2.75) is 6.42 Å². The summed E-state index contributed by atoms with van der Waals surface area (Å²) in [5, 5.41) is 4.91. The number of benzene rings is 2. The molecule has 0 aliphatic heterocycles. The first kappa shape index (κ1) is 16.4. The maximum Gasteiger partial charge on any atom is 0.321 e. The molecule has 2 aromatic rings. The summed E-state index contributed by atoms with van der Waals surface area (Å²) in [6.07, 6.45) is 0.605. The Morgan fingerprint density at radius 2 is 1.78 bits per heavy atom. The van der Waals surface area contributed by atoms with Crippen LogP contribution in [0.3, 0.4) is 0 Å². The fourth-order valence-electron chi connectivity index (χ4n) is 2.07. The lowest BCUT2D eigenvalue weighted by Crippen LogP contribution is -2.40. The lowest BCUT2D eigenvalue weighted by atomic mass is 10.1. The van der Waals surface area contributed by atoms with E-state index in [-0.39, 0.29) is 0 Å². The van der Waals surface area contributed by atoms with Crippen molar-refractivity contribution in [1.82, 2.24) is 10.6 Å². The first-order chi connectivity index (χ1) is 11.1. The fraction of sp³-hybridized carbons (Fsp3) is 0.176. The highest BCUT2D eigenvalue weighted by molar-refractivity contribution is 6.04. The predicted molar refractivity (Wildman–Crippen MR) is 88.4 cm³/mol. The predicted octanol–water partition coefficient (Wildman–Crippen LogP) is 1.96. The average molecular weight is 313 g/mol. The Kier molecular flexibility index (Phi) is 5.57.